The normalized spacial score (nSPS) is 23.6. The number of benzene rings is 6. The molecule has 3 heterocycles. The highest BCUT2D eigenvalue weighted by molar-refractivity contribution is 6.94. The molecular weight excluding hydrogens is 784 g/mol. The molecule has 0 N–H and O–H groups in total. The van der Waals surface area contributed by atoms with Gasteiger partial charge >= 0.3 is 6.85 Å². The summed E-state index contributed by atoms with van der Waals surface area (Å²) in [7, 11) is 0. The van der Waals surface area contributed by atoms with Crippen molar-refractivity contribution in [2.45, 2.75) is 180 Å². The summed E-state index contributed by atoms with van der Waals surface area (Å²) < 4.78 is 0. The van der Waals surface area contributed by atoms with Gasteiger partial charge in [-0.05, 0) is 162 Å². The highest BCUT2D eigenvalue weighted by Crippen LogP contribution is 2.65. The summed E-state index contributed by atoms with van der Waals surface area (Å²) in [6, 6.07) is 35.2. The Labute approximate surface area is 391 Å². The lowest BCUT2D eigenvalue weighted by molar-refractivity contribution is 0.195. The first kappa shape index (κ1) is 41.7. The maximum Gasteiger partial charge on any atom is 0.333 e. The number of hydrogen-bond acceptors (Lipinski definition) is 2. The van der Waals surface area contributed by atoms with Crippen molar-refractivity contribution in [1.82, 2.24) is 0 Å². The molecule has 3 heteroatoms. The maximum atomic E-state index is 2.92. The molecule has 12 rings (SSSR count). The van der Waals surface area contributed by atoms with E-state index in [0.29, 0.717) is 0 Å². The van der Waals surface area contributed by atoms with Gasteiger partial charge in [-0.2, -0.15) is 0 Å². The topological polar surface area (TPSA) is 6.48 Å². The van der Waals surface area contributed by atoms with E-state index in [2.05, 4.69) is 198 Å². The Hall–Kier alpha value is -4.76. The Bertz CT molecular complexity index is 3110. The zero-order valence-corrected chi connectivity index (χ0v) is 42.3. The third kappa shape index (κ3) is 5.20. The zero-order valence-electron chi connectivity index (χ0n) is 42.3. The summed E-state index contributed by atoms with van der Waals surface area (Å²) in [5.41, 5.74) is 26.2. The van der Waals surface area contributed by atoms with Crippen molar-refractivity contribution in [1.29, 1.82) is 0 Å². The minimum atomic E-state index is -0.239. The lowest BCUT2D eigenvalue weighted by atomic mass is 9.42. The first-order chi connectivity index (χ1) is 30.4. The van der Waals surface area contributed by atoms with E-state index < -0.39 is 0 Å². The fraction of sp³-hybridized carbons (Fsp3) is 0.452. The highest BCUT2D eigenvalue weighted by atomic mass is 15.3. The number of nitrogens with zero attached hydrogens (tertiary/aromatic N) is 2. The van der Waals surface area contributed by atoms with E-state index in [1.54, 1.807) is 16.7 Å². The van der Waals surface area contributed by atoms with Crippen molar-refractivity contribution in [2.75, 3.05) is 9.71 Å². The van der Waals surface area contributed by atoms with Crippen molar-refractivity contribution in [3.05, 3.63) is 129 Å². The summed E-state index contributed by atoms with van der Waals surface area (Å²) in [5, 5.41) is 2.71. The predicted molar refractivity (Wildman–Crippen MR) is 281 cm³/mol. The van der Waals surface area contributed by atoms with Crippen LogP contribution in [0.1, 0.15) is 180 Å². The molecule has 65 heavy (non-hydrogen) atoms. The quantitative estimate of drug-likeness (QED) is 0.152. The van der Waals surface area contributed by atoms with E-state index in [1.807, 2.05) is 0 Å². The number of hydrogen-bond donors (Lipinski definition) is 0. The Balaban J connectivity index is 1.26. The van der Waals surface area contributed by atoms with E-state index >= 15 is 0 Å². The molecule has 1 fully saturated rings. The maximum absolute atomic E-state index is 2.92. The van der Waals surface area contributed by atoms with E-state index in [4.69, 9.17) is 0 Å². The Morgan fingerprint density at radius 1 is 0.554 bits per heavy atom. The van der Waals surface area contributed by atoms with Crippen LogP contribution in [0.4, 0.5) is 22.7 Å². The summed E-state index contributed by atoms with van der Waals surface area (Å²) in [5.74, 6) is 0. The third-order valence-corrected chi connectivity index (χ3v) is 18.8. The van der Waals surface area contributed by atoms with Gasteiger partial charge in [0.2, 0.25) is 0 Å². The molecule has 0 saturated heterocycles. The lowest BCUT2D eigenvalue weighted by Gasteiger charge is -2.53. The minimum Gasteiger partial charge on any atom is -0.376 e. The summed E-state index contributed by atoms with van der Waals surface area (Å²) >= 11 is 0. The van der Waals surface area contributed by atoms with Crippen LogP contribution in [0.25, 0.3) is 33.0 Å². The summed E-state index contributed by atoms with van der Waals surface area (Å²) in [6.45, 7) is 37.1. The predicted octanol–water partition coefficient (Wildman–Crippen LogP) is 15.4. The van der Waals surface area contributed by atoms with E-state index in [-0.39, 0.29) is 44.9 Å². The molecule has 3 aliphatic heterocycles. The van der Waals surface area contributed by atoms with Gasteiger partial charge in [0.1, 0.15) is 0 Å². The molecule has 3 aliphatic carbocycles. The molecule has 2 atom stereocenters. The second-order valence-electron chi connectivity index (χ2n) is 26.0. The Kier molecular flexibility index (Phi) is 8.08. The van der Waals surface area contributed by atoms with Gasteiger partial charge in [-0.25, -0.2) is 0 Å². The van der Waals surface area contributed by atoms with E-state index in [0.717, 1.165) is 0 Å². The van der Waals surface area contributed by atoms with Crippen LogP contribution < -0.4 is 20.6 Å². The second-order valence-corrected chi connectivity index (χ2v) is 26.0. The molecule has 2 unspecified atom stereocenters. The van der Waals surface area contributed by atoms with Gasteiger partial charge in [-0.15, -0.1) is 0 Å². The highest BCUT2D eigenvalue weighted by Gasteiger charge is 2.62. The Morgan fingerprint density at radius 3 is 1.91 bits per heavy atom. The molecule has 1 saturated carbocycles. The van der Waals surface area contributed by atoms with Crippen LogP contribution in [0, 0.1) is 6.92 Å². The fourth-order valence-corrected chi connectivity index (χ4v) is 14.6. The molecule has 6 aromatic rings. The van der Waals surface area contributed by atoms with Crippen LogP contribution in [0.2, 0.25) is 0 Å². The first-order valence-corrected chi connectivity index (χ1v) is 25.2. The van der Waals surface area contributed by atoms with Gasteiger partial charge in [-0.1, -0.05) is 170 Å². The average Bonchev–Trinajstić information content (AvgIpc) is 3.60. The van der Waals surface area contributed by atoms with Gasteiger partial charge in [0, 0.05) is 39.1 Å². The SMILES string of the molecule is Cc1cc(C(C)(C)C)ccc1N1B2c3cc(C(C)(C)C)cc4c3N(c3cc5ccccc5c(c32)-c2ccc3c(c21)C(C)(C)c1cc2c(cc1-3)C(C)(C)CCC2(C)C)C1(C)CCCCC41C. The van der Waals surface area contributed by atoms with Crippen LogP contribution in [0.3, 0.4) is 0 Å². The third-order valence-electron chi connectivity index (χ3n) is 18.8. The smallest absolute Gasteiger partial charge is 0.333 e. The molecular formula is C62H71BN2. The summed E-state index contributed by atoms with van der Waals surface area (Å²) in [6.07, 6.45) is 7.39. The van der Waals surface area contributed by atoms with Gasteiger partial charge in [0.15, 0.2) is 0 Å². The molecule has 332 valence electrons. The molecule has 0 radical (unpaired) electrons. The number of aryl methyl sites for hydroxylation is 1. The average molecular weight is 855 g/mol. The molecule has 6 aromatic carbocycles. The van der Waals surface area contributed by atoms with E-state index in [9.17, 15) is 0 Å². The molecule has 2 nitrogen and oxygen atoms in total. The largest absolute Gasteiger partial charge is 0.376 e. The van der Waals surface area contributed by atoms with Gasteiger partial charge < -0.3 is 9.71 Å². The van der Waals surface area contributed by atoms with Crippen LogP contribution >= 0.6 is 0 Å². The van der Waals surface area contributed by atoms with Crippen molar-refractivity contribution in [3.63, 3.8) is 0 Å². The lowest BCUT2D eigenvalue weighted by Crippen LogP contribution is -2.65. The van der Waals surface area contributed by atoms with Crippen molar-refractivity contribution in [2.24, 2.45) is 0 Å². The molecule has 0 spiro atoms. The van der Waals surface area contributed by atoms with Crippen molar-refractivity contribution >= 4 is 51.3 Å². The van der Waals surface area contributed by atoms with Gasteiger partial charge in [0.05, 0.1) is 5.54 Å². The van der Waals surface area contributed by atoms with Crippen LogP contribution in [-0.2, 0) is 32.5 Å². The monoisotopic (exact) mass is 855 g/mol. The van der Waals surface area contributed by atoms with Crippen molar-refractivity contribution < 1.29 is 0 Å². The van der Waals surface area contributed by atoms with Crippen LogP contribution in [0.5, 0.6) is 0 Å². The zero-order chi connectivity index (χ0) is 45.9. The molecule has 6 aliphatic rings. The van der Waals surface area contributed by atoms with Gasteiger partial charge in [0.25, 0.3) is 0 Å². The fourth-order valence-electron chi connectivity index (χ4n) is 14.6. The number of anilines is 4. The molecule has 0 bridgehead atoms. The second kappa shape index (κ2) is 12.6. The first-order valence-electron chi connectivity index (χ1n) is 25.2. The van der Waals surface area contributed by atoms with Crippen molar-refractivity contribution in [3.8, 4) is 22.3 Å². The van der Waals surface area contributed by atoms with Crippen LogP contribution in [0.15, 0.2) is 84.9 Å². The molecule has 0 amide bonds. The number of rotatable bonds is 1. The van der Waals surface area contributed by atoms with Crippen LogP contribution in [-0.4, -0.2) is 12.4 Å². The minimum absolute atomic E-state index is 0.0138. The molecule has 0 aromatic heterocycles. The standard InChI is InChI=1S/C62H71BN2/c1-36-30-38(56(2,3)4)22-25-49(36)65-54-42(24-23-41-43-34-45-46(35-44(43)60(12,13)52(41)54)59(10,11)29-28-58(45,8)9)51-40-21-17-16-20-37(40)31-50-53(51)63(65)48-33-39(57(5,6)7)32-47-55(48)64(50)62(15)27-19-18-26-61(47,62)14/h16-17,20-25,30-35H,18-19,26-29H2,1-15H3. The number of fused-ring (bicyclic) bond motifs is 14. The van der Waals surface area contributed by atoms with E-state index in [1.165, 1.54) is 133 Å². The Morgan fingerprint density at radius 2 is 1.22 bits per heavy atom. The van der Waals surface area contributed by atoms with Gasteiger partial charge in [-0.3, -0.25) is 0 Å². The summed E-state index contributed by atoms with van der Waals surface area (Å²) in [4.78, 5) is 5.83.